The zero-order chi connectivity index (χ0) is 15.1. The number of rotatable bonds is 3. The molecule has 0 atom stereocenters. The summed E-state index contributed by atoms with van der Waals surface area (Å²) in [5, 5.41) is 8.70. The van der Waals surface area contributed by atoms with Gasteiger partial charge in [0.1, 0.15) is 0 Å². The van der Waals surface area contributed by atoms with E-state index in [9.17, 15) is 9.59 Å². The first kappa shape index (κ1) is 14.4. The number of fused-ring (bicyclic) bond motifs is 1. The van der Waals surface area contributed by atoms with Gasteiger partial charge < -0.3 is 15.7 Å². The number of hydrogen-bond donors (Lipinski definition) is 2. The number of carbonyl (C=O) groups excluding carboxylic acids is 1. The van der Waals surface area contributed by atoms with Crippen molar-refractivity contribution in [3.05, 3.63) is 23.3 Å². The van der Waals surface area contributed by atoms with Gasteiger partial charge in [-0.3, -0.25) is 9.59 Å². The Morgan fingerprint density at radius 1 is 1.35 bits per heavy atom. The summed E-state index contributed by atoms with van der Waals surface area (Å²) >= 11 is 0. The topological polar surface area (TPSA) is 83.6 Å². The van der Waals surface area contributed by atoms with Crippen molar-refractivity contribution in [2.75, 3.05) is 17.2 Å². The fourth-order valence-corrected chi connectivity index (χ4v) is 2.75. The minimum atomic E-state index is -0.964. The third kappa shape index (κ3) is 2.48. The van der Waals surface area contributed by atoms with Crippen molar-refractivity contribution in [2.45, 2.75) is 39.0 Å². The van der Waals surface area contributed by atoms with Crippen molar-refractivity contribution < 1.29 is 14.7 Å². The highest BCUT2D eigenvalue weighted by Gasteiger charge is 2.39. The van der Waals surface area contributed by atoms with E-state index < -0.39 is 5.97 Å². The highest BCUT2D eigenvalue weighted by molar-refractivity contribution is 6.00. The molecule has 0 aliphatic carbocycles. The van der Waals surface area contributed by atoms with Crippen LogP contribution in [0.1, 0.15) is 37.8 Å². The molecule has 0 bridgehead atoms. The molecule has 0 aromatic heterocycles. The van der Waals surface area contributed by atoms with Gasteiger partial charge in [0.05, 0.1) is 17.8 Å². The molecule has 0 unspecified atom stereocenters. The smallest absolute Gasteiger partial charge is 0.303 e. The molecule has 1 amide bonds. The molecule has 1 aliphatic heterocycles. The maximum atomic E-state index is 12.2. The molecule has 1 aliphatic rings. The molecule has 3 N–H and O–H groups in total. The van der Waals surface area contributed by atoms with Crippen molar-refractivity contribution in [3.63, 3.8) is 0 Å². The third-order valence-electron chi connectivity index (χ3n) is 3.69. The maximum Gasteiger partial charge on any atom is 0.303 e. The van der Waals surface area contributed by atoms with Gasteiger partial charge in [-0.2, -0.15) is 0 Å². The Morgan fingerprint density at radius 3 is 2.60 bits per heavy atom. The number of nitrogens with zero attached hydrogens (tertiary/aromatic N) is 1. The summed E-state index contributed by atoms with van der Waals surface area (Å²) in [7, 11) is 0. The second kappa shape index (κ2) is 4.81. The number of hydrogen-bond acceptors (Lipinski definition) is 3. The van der Waals surface area contributed by atoms with Crippen molar-refractivity contribution >= 4 is 23.3 Å². The first-order valence-electron chi connectivity index (χ1n) is 6.65. The Bertz CT molecular complexity index is 579. The van der Waals surface area contributed by atoms with Gasteiger partial charge in [0.25, 0.3) is 0 Å². The molecule has 0 saturated heterocycles. The Balaban J connectivity index is 2.37. The third-order valence-corrected chi connectivity index (χ3v) is 3.69. The van der Waals surface area contributed by atoms with E-state index >= 15 is 0 Å². The number of amides is 1. The number of anilines is 2. The first-order chi connectivity index (χ1) is 9.22. The highest BCUT2D eigenvalue weighted by atomic mass is 16.4. The molecule has 5 heteroatoms. The van der Waals surface area contributed by atoms with E-state index in [2.05, 4.69) is 19.9 Å². The van der Waals surface area contributed by atoms with Gasteiger partial charge in [-0.15, -0.1) is 0 Å². The number of carboxylic acid groups (broad SMARTS) is 1. The van der Waals surface area contributed by atoms with E-state index in [0.717, 1.165) is 16.8 Å². The first-order valence-corrected chi connectivity index (χ1v) is 6.65. The molecule has 0 radical (unpaired) electrons. The quantitative estimate of drug-likeness (QED) is 0.828. The number of nitrogens with two attached hydrogens (primary N) is 1. The predicted octanol–water partition coefficient (Wildman–Crippen LogP) is 2.07. The average molecular weight is 276 g/mol. The Labute approximate surface area is 118 Å². The van der Waals surface area contributed by atoms with Gasteiger partial charge in [-0.1, -0.05) is 19.9 Å². The lowest BCUT2D eigenvalue weighted by Gasteiger charge is -2.20. The number of carbonyl (C=O) groups is 2. The summed E-state index contributed by atoms with van der Waals surface area (Å²) in [5.41, 5.74) is 9.34. The standard InChI is InChI=1S/C15H20N2O3/c1-9-6-10-14(11(16)7-9)17(8-15(10,2)3)12(18)4-5-13(19)20/h6-7H,4-5,8,16H2,1-3H3,(H,19,20). The minimum absolute atomic E-state index is 0.00182. The van der Waals surface area contributed by atoms with Gasteiger partial charge in [-0.25, -0.2) is 0 Å². The van der Waals surface area contributed by atoms with Crippen molar-refractivity contribution in [3.8, 4) is 0 Å². The summed E-state index contributed by atoms with van der Waals surface area (Å²) < 4.78 is 0. The number of nitrogen functional groups attached to an aromatic ring is 1. The van der Waals surface area contributed by atoms with Crippen LogP contribution in [0.25, 0.3) is 0 Å². The average Bonchev–Trinajstić information content (AvgIpc) is 2.59. The number of aryl methyl sites for hydroxylation is 1. The number of carboxylic acids is 1. The van der Waals surface area contributed by atoms with Crippen LogP contribution in [-0.2, 0) is 15.0 Å². The molecular weight excluding hydrogens is 256 g/mol. The van der Waals surface area contributed by atoms with Gasteiger partial charge in [0.15, 0.2) is 0 Å². The van der Waals surface area contributed by atoms with Crippen molar-refractivity contribution in [1.29, 1.82) is 0 Å². The van der Waals surface area contributed by atoms with E-state index in [-0.39, 0.29) is 24.2 Å². The van der Waals surface area contributed by atoms with Gasteiger partial charge in [-0.05, 0) is 24.1 Å². The summed E-state index contributed by atoms with van der Waals surface area (Å²) in [5.74, 6) is -1.15. The van der Waals surface area contributed by atoms with Crippen molar-refractivity contribution in [1.82, 2.24) is 0 Å². The Kier molecular flexibility index (Phi) is 3.46. The molecule has 20 heavy (non-hydrogen) atoms. The molecule has 5 nitrogen and oxygen atoms in total. The van der Waals surface area contributed by atoms with Gasteiger partial charge in [0.2, 0.25) is 5.91 Å². The van der Waals surface area contributed by atoms with E-state index in [4.69, 9.17) is 10.8 Å². The second-order valence-electron chi connectivity index (χ2n) is 6.01. The molecule has 0 saturated carbocycles. The second-order valence-corrected chi connectivity index (χ2v) is 6.01. The van der Waals surface area contributed by atoms with Crippen LogP contribution in [0.5, 0.6) is 0 Å². The molecule has 1 aromatic rings. The molecule has 2 rings (SSSR count). The summed E-state index contributed by atoms with van der Waals surface area (Å²) in [6, 6.07) is 3.90. The van der Waals surface area contributed by atoms with Gasteiger partial charge in [0, 0.05) is 18.4 Å². The largest absolute Gasteiger partial charge is 0.481 e. The maximum absolute atomic E-state index is 12.2. The van der Waals surface area contributed by atoms with Crippen LogP contribution in [0.2, 0.25) is 0 Å². The Morgan fingerprint density at radius 2 is 2.00 bits per heavy atom. The van der Waals surface area contributed by atoms with Crippen LogP contribution >= 0.6 is 0 Å². The molecule has 0 fully saturated rings. The molecule has 1 aromatic carbocycles. The minimum Gasteiger partial charge on any atom is -0.481 e. The zero-order valence-corrected chi connectivity index (χ0v) is 12.1. The van der Waals surface area contributed by atoms with E-state index in [1.165, 1.54) is 0 Å². The van der Waals surface area contributed by atoms with Crippen LogP contribution in [-0.4, -0.2) is 23.5 Å². The number of aliphatic carboxylic acids is 1. The molecular formula is C15H20N2O3. The summed E-state index contributed by atoms with van der Waals surface area (Å²) in [6.07, 6.45) is -0.158. The SMILES string of the molecule is Cc1cc(N)c2c(c1)C(C)(C)CN2C(=O)CCC(=O)O. The lowest BCUT2D eigenvalue weighted by Crippen LogP contribution is -2.34. The predicted molar refractivity (Wildman–Crippen MR) is 77.8 cm³/mol. The van der Waals surface area contributed by atoms with Crippen LogP contribution < -0.4 is 10.6 Å². The lowest BCUT2D eigenvalue weighted by molar-refractivity contribution is -0.138. The van der Waals surface area contributed by atoms with E-state index in [0.29, 0.717) is 12.2 Å². The lowest BCUT2D eigenvalue weighted by atomic mass is 9.86. The molecule has 1 heterocycles. The van der Waals surface area contributed by atoms with Crippen molar-refractivity contribution in [2.24, 2.45) is 0 Å². The summed E-state index contributed by atoms with van der Waals surface area (Å²) in [6.45, 7) is 6.64. The normalized spacial score (nSPS) is 16.1. The van der Waals surface area contributed by atoms with Crippen LogP contribution in [0, 0.1) is 6.92 Å². The monoisotopic (exact) mass is 276 g/mol. The molecule has 108 valence electrons. The van der Waals surface area contributed by atoms with Crippen LogP contribution in [0.15, 0.2) is 12.1 Å². The van der Waals surface area contributed by atoms with Crippen LogP contribution in [0.4, 0.5) is 11.4 Å². The Hall–Kier alpha value is -2.04. The van der Waals surface area contributed by atoms with E-state index in [1.54, 1.807) is 4.90 Å². The zero-order valence-electron chi connectivity index (χ0n) is 12.1. The summed E-state index contributed by atoms with van der Waals surface area (Å²) in [4.78, 5) is 24.5. The fraction of sp³-hybridized carbons (Fsp3) is 0.467. The number of benzene rings is 1. The molecule has 0 spiro atoms. The van der Waals surface area contributed by atoms with E-state index in [1.807, 2.05) is 13.0 Å². The van der Waals surface area contributed by atoms with Crippen LogP contribution in [0.3, 0.4) is 0 Å². The fourth-order valence-electron chi connectivity index (χ4n) is 2.75. The van der Waals surface area contributed by atoms with Gasteiger partial charge >= 0.3 is 5.97 Å². The highest BCUT2D eigenvalue weighted by Crippen LogP contribution is 2.44.